The Bertz CT molecular complexity index is 1140. The molecule has 1 amide bonds. The van der Waals surface area contributed by atoms with E-state index in [1.165, 1.54) is 0 Å². The second-order valence-electron chi connectivity index (χ2n) is 10.7. The molecule has 0 spiro atoms. The number of hydrogen-bond donors (Lipinski definition) is 1. The number of aliphatic carboxylic acids is 1. The molecule has 4 rings (SSSR count). The molecule has 2 fully saturated rings. The summed E-state index contributed by atoms with van der Waals surface area (Å²) in [6.45, 7) is 6.09. The topological polar surface area (TPSA) is 92.5 Å². The number of hydrogen-bond acceptors (Lipinski definition) is 4. The normalized spacial score (nSPS) is 23.1. The maximum atomic E-state index is 13.7. The maximum Gasteiger partial charge on any atom is 0.309 e. The fourth-order valence-electron chi connectivity index (χ4n) is 4.92. The van der Waals surface area contributed by atoms with E-state index in [1.54, 1.807) is 36.2 Å². The highest BCUT2D eigenvalue weighted by Crippen LogP contribution is 2.46. The molecule has 0 bridgehead atoms. The lowest BCUT2D eigenvalue weighted by Crippen LogP contribution is -2.39. The zero-order chi connectivity index (χ0) is 25.5. The van der Waals surface area contributed by atoms with Crippen LogP contribution in [0.1, 0.15) is 84.8 Å². The van der Waals surface area contributed by atoms with Gasteiger partial charge >= 0.3 is 5.97 Å². The summed E-state index contributed by atoms with van der Waals surface area (Å²) in [4.78, 5) is 40.0. The summed E-state index contributed by atoms with van der Waals surface area (Å²) in [6, 6.07) is 4.95. The number of carbonyl (C=O) groups is 3. The average Bonchev–Trinajstić information content (AvgIpc) is 3.40. The molecule has 0 radical (unpaired) electrons. The summed E-state index contributed by atoms with van der Waals surface area (Å²) in [7, 11) is 0. The van der Waals surface area contributed by atoms with Crippen LogP contribution in [-0.2, 0) is 4.79 Å². The van der Waals surface area contributed by atoms with Crippen molar-refractivity contribution in [2.24, 2.45) is 10.8 Å². The second-order valence-corrected chi connectivity index (χ2v) is 11.5. The van der Waals surface area contributed by atoms with Crippen molar-refractivity contribution in [1.82, 2.24) is 14.7 Å². The molecule has 0 unspecified atom stereocenters. The molecular weight excluding hydrogens is 489 g/mol. The van der Waals surface area contributed by atoms with Crippen molar-refractivity contribution < 1.29 is 19.5 Å². The van der Waals surface area contributed by atoms with E-state index in [-0.39, 0.29) is 45.3 Å². The SMILES string of the molecule is Cc1c(C(=O)N(CC(=O)c2c(Cl)cccc2Cl)CC2(C)CC2)cnn1[C@H]1CC[C@](C)(C(=O)O)CC1. The van der Waals surface area contributed by atoms with E-state index in [0.717, 1.165) is 18.5 Å². The first-order valence-electron chi connectivity index (χ1n) is 12.0. The number of rotatable bonds is 8. The van der Waals surface area contributed by atoms with E-state index in [1.807, 2.05) is 11.6 Å². The van der Waals surface area contributed by atoms with E-state index in [4.69, 9.17) is 23.2 Å². The van der Waals surface area contributed by atoms with Crippen molar-refractivity contribution in [1.29, 1.82) is 0 Å². The van der Waals surface area contributed by atoms with Crippen LogP contribution in [0.4, 0.5) is 0 Å². The molecule has 1 heterocycles. The third-order valence-electron chi connectivity index (χ3n) is 7.74. The molecule has 1 aromatic heterocycles. The van der Waals surface area contributed by atoms with Gasteiger partial charge in [0.2, 0.25) is 0 Å². The molecule has 2 aromatic rings. The zero-order valence-corrected chi connectivity index (χ0v) is 21.8. The van der Waals surface area contributed by atoms with Crippen molar-refractivity contribution in [3.8, 4) is 0 Å². The fourth-order valence-corrected chi connectivity index (χ4v) is 5.53. The lowest BCUT2D eigenvalue weighted by Gasteiger charge is -2.34. The number of carboxylic acids is 1. The third-order valence-corrected chi connectivity index (χ3v) is 8.37. The minimum absolute atomic E-state index is 0.00518. The number of carboxylic acid groups (broad SMARTS) is 1. The van der Waals surface area contributed by atoms with Crippen LogP contribution < -0.4 is 0 Å². The Kier molecular flexibility index (Phi) is 7.04. The summed E-state index contributed by atoms with van der Waals surface area (Å²) >= 11 is 12.5. The van der Waals surface area contributed by atoms with E-state index < -0.39 is 11.4 Å². The molecule has 2 aliphatic rings. The molecule has 1 N–H and O–H groups in total. The number of ketones is 1. The highest BCUT2D eigenvalue weighted by molar-refractivity contribution is 6.40. The number of nitrogens with zero attached hydrogens (tertiary/aromatic N) is 3. The fraction of sp³-hybridized carbons (Fsp3) is 0.538. The highest BCUT2D eigenvalue weighted by atomic mass is 35.5. The summed E-state index contributed by atoms with van der Waals surface area (Å²) in [6.07, 6.45) is 6.06. The monoisotopic (exact) mass is 519 g/mol. The molecule has 188 valence electrons. The number of carbonyl (C=O) groups excluding carboxylic acids is 2. The lowest BCUT2D eigenvalue weighted by molar-refractivity contribution is -0.150. The molecule has 0 aliphatic heterocycles. The quantitative estimate of drug-likeness (QED) is 0.442. The Morgan fingerprint density at radius 1 is 1.11 bits per heavy atom. The molecule has 2 aliphatic carbocycles. The summed E-state index contributed by atoms with van der Waals surface area (Å²) in [5.41, 5.74) is 0.694. The first-order valence-corrected chi connectivity index (χ1v) is 12.7. The van der Waals surface area contributed by atoms with Crippen molar-refractivity contribution in [3.63, 3.8) is 0 Å². The van der Waals surface area contributed by atoms with Gasteiger partial charge in [-0.1, -0.05) is 36.2 Å². The smallest absolute Gasteiger partial charge is 0.309 e. The number of Topliss-reactive ketones (excluding diaryl/α,β-unsaturated/α-hetero) is 1. The van der Waals surface area contributed by atoms with Crippen molar-refractivity contribution >= 4 is 40.9 Å². The molecule has 7 nitrogen and oxygen atoms in total. The van der Waals surface area contributed by atoms with Crippen LogP contribution in [0.25, 0.3) is 0 Å². The third kappa shape index (κ3) is 5.26. The van der Waals surface area contributed by atoms with Crippen molar-refractivity contribution in [2.45, 2.75) is 65.3 Å². The standard InChI is InChI=1S/C26H31Cl2N3O4/c1-16-18(13-29-31(16)17-7-9-26(3,10-8-17)24(34)35)23(33)30(15-25(2)11-12-25)14-21(32)22-19(27)5-4-6-20(22)28/h4-6,13,17H,7-12,14-15H2,1-3H3,(H,34,35)/t17-,26-. The van der Waals surface area contributed by atoms with Gasteiger partial charge in [0.05, 0.1) is 45.4 Å². The average molecular weight is 520 g/mol. The Hall–Kier alpha value is -2.38. The first kappa shape index (κ1) is 25.7. The van der Waals surface area contributed by atoms with Gasteiger partial charge in [0.25, 0.3) is 5.91 Å². The molecule has 1 aromatic carbocycles. The van der Waals surface area contributed by atoms with Gasteiger partial charge in [0.15, 0.2) is 5.78 Å². The zero-order valence-electron chi connectivity index (χ0n) is 20.3. The second kappa shape index (κ2) is 9.58. The van der Waals surface area contributed by atoms with Crippen molar-refractivity contribution in [3.05, 3.63) is 51.3 Å². The molecule has 35 heavy (non-hydrogen) atoms. The molecule has 2 saturated carbocycles. The van der Waals surface area contributed by atoms with Gasteiger partial charge in [0.1, 0.15) is 0 Å². The van der Waals surface area contributed by atoms with Crippen LogP contribution in [0.3, 0.4) is 0 Å². The molecule has 9 heteroatoms. The van der Waals surface area contributed by atoms with E-state index >= 15 is 0 Å². The Morgan fingerprint density at radius 2 is 1.71 bits per heavy atom. The van der Waals surface area contributed by atoms with Gasteiger partial charge in [-0.15, -0.1) is 0 Å². The predicted octanol–water partition coefficient (Wildman–Crippen LogP) is 5.83. The Balaban J connectivity index is 1.55. The minimum atomic E-state index is -0.767. The van der Waals surface area contributed by atoms with Crippen LogP contribution in [0.15, 0.2) is 24.4 Å². The Morgan fingerprint density at radius 3 is 2.26 bits per heavy atom. The first-order chi connectivity index (χ1) is 16.4. The summed E-state index contributed by atoms with van der Waals surface area (Å²) in [5, 5.41) is 14.6. The van der Waals surface area contributed by atoms with Gasteiger partial charge in [-0.2, -0.15) is 5.10 Å². The van der Waals surface area contributed by atoms with E-state index in [0.29, 0.717) is 37.8 Å². The minimum Gasteiger partial charge on any atom is -0.481 e. The number of benzene rings is 1. The van der Waals surface area contributed by atoms with Gasteiger partial charge in [-0.3, -0.25) is 19.1 Å². The van der Waals surface area contributed by atoms with E-state index in [9.17, 15) is 19.5 Å². The molecule has 0 saturated heterocycles. The van der Waals surface area contributed by atoms with E-state index in [2.05, 4.69) is 12.0 Å². The Labute approximate surface area is 215 Å². The number of amides is 1. The predicted molar refractivity (Wildman–Crippen MR) is 134 cm³/mol. The lowest BCUT2D eigenvalue weighted by atomic mass is 9.74. The van der Waals surface area contributed by atoms with Gasteiger partial charge in [0, 0.05) is 12.2 Å². The van der Waals surface area contributed by atoms with Crippen LogP contribution in [0.2, 0.25) is 10.0 Å². The van der Waals surface area contributed by atoms with Crippen LogP contribution in [0, 0.1) is 17.8 Å². The van der Waals surface area contributed by atoms with Gasteiger partial charge < -0.3 is 10.0 Å². The highest BCUT2D eigenvalue weighted by Gasteiger charge is 2.42. The summed E-state index contributed by atoms with van der Waals surface area (Å²) < 4.78 is 1.85. The van der Waals surface area contributed by atoms with Crippen LogP contribution in [-0.4, -0.2) is 50.5 Å². The van der Waals surface area contributed by atoms with Crippen LogP contribution >= 0.6 is 23.2 Å². The number of halogens is 2. The van der Waals surface area contributed by atoms with Gasteiger partial charge in [-0.25, -0.2) is 0 Å². The summed E-state index contributed by atoms with van der Waals surface area (Å²) in [5.74, 6) is -1.32. The molecule has 0 atom stereocenters. The number of aromatic nitrogens is 2. The maximum absolute atomic E-state index is 13.7. The van der Waals surface area contributed by atoms with Crippen molar-refractivity contribution in [2.75, 3.05) is 13.1 Å². The molecular formula is C26H31Cl2N3O4. The van der Waals surface area contributed by atoms with Gasteiger partial charge in [-0.05, 0) is 69.9 Å². The largest absolute Gasteiger partial charge is 0.481 e. The van der Waals surface area contributed by atoms with Crippen LogP contribution in [0.5, 0.6) is 0 Å².